The lowest BCUT2D eigenvalue weighted by atomic mass is 10.4. The Morgan fingerprint density at radius 2 is 2.19 bits per heavy atom. The first-order valence-corrected chi connectivity index (χ1v) is 5.12. The monoisotopic (exact) mass is 227 g/mol. The molecule has 7 heteroatoms. The minimum absolute atomic E-state index is 0.121. The van der Waals surface area contributed by atoms with E-state index in [1.54, 1.807) is 7.05 Å². The third kappa shape index (κ3) is 4.26. The Morgan fingerprint density at radius 3 is 2.81 bits per heavy atom. The molecule has 0 aromatic carbocycles. The van der Waals surface area contributed by atoms with Crippen molar-refractivity contribution in [2.24, 2.45) is 0 Å². The molecule has 0 aliphatic rings. The van der Waals surface area contributed by atoms with E-state index in [1.165, 1.54) is 0 Å². The highest BCUT2D eigenvalue weighted by atomic mass is 16.4. The Labute approximate surface area is 94.0 Å². The Balaban J connectivity index is 2.36. The van der Waals surface area contributed by atoms with Gasteiger partial charge in [-0.25, -0.2) is 0 Å². The molecule has 0 spiro atoms. The fourth-order valence-corrected chi connectivity index (χ4v) is 0.932. The van der Waals surface area contributed by atoms with Crippen LogP contribution in [0.5, 0.6) is 0 Å². The van der Waals surface area contributed by atoms with E-state index in [9.17, 15) is 4.79 Å². The minimum Gasteiger partial charge on any atom is -0.407 e. The van der Waals surface area contributed by atoms with Gasteiger partial charge in [0.15, 0.2) is 0 Å². The number of anilines is 1. The molecular weight excluding hydrogens is 210 g/mol. The van der Waals surface area contributed by atoms with E-state index in [0.29, 0.717) is 18.5 Å². The van der Waals surface area contributed by atoms with E-state index >= 15 is 0 Å². The summed E-state index contributed by atoms with van der Waals surface area (Å²) < 4.78 is 5.25. The summed E-state index contributed by atoms with van der Waals surface area (Å²) in [6.45, 7) is 4.70. The molecule has 1 amide bonds. The quantitative estimate of drug-likeness (QED) is 0.619. The number of amides is 1. The van der Waals surface area contributed by atoms with E-state index in [-0.39, 0.29) is 18.5 Å². The summed E-state index contributed by atoms with van der Waals surface area (Å²) >= 11 is 0. The zero-order chi connectivity index (χ0) is 12.0. The molecule has 1 heterocycles. The highest BCUT2D eigenvalue weighted by Crippen LogP contribution is 2.04. The van der Waals surface area contributed by atoms with Crippen LogP contribution in [0.2, 0.25) is 0 Å². The zero-order valence-corrected chi connectivity index (χ0v) is 9.70. The summed E-state index contributed by atoms with van der Waals surface area (Å²) in [6.07, 6.45) is 0. The first-order chi connectivity index (χ1) is 7.61. The fourth-order valence-electron chi connectivity index (χ4n) is 0.932. The second-order valence-corrected chi connectivity index (χ2v) is 3.56. The molecular formula is C9H17N5O2. The van der Waals surface area contributed by atoms with Gasteiger partial charge in [-0.05, 0) is 0 Å². The summed E-state index contributed by atoms with van der Waals surface area (Å²) in [5.41, 5.74) is 0. The average Bonchev–Trinajstić information content (AvgIpc) is 2.71. The number of nitrogens with one attached hydrogen (secondary N) is 3. The van der Waals surface area contributed by atoms with Gasteiger partial charge in [-0.2, -0.15) is 0 Å². The van der Waals surface area contributed by atoms with Crippen molar-refractivity contribution in [2.75, 3.05) is 18.9 Å². The molecule has 0 fully saturated rings. The maximum atomic E-state index is 10.9. The molecule has 1 rings (SSSR count). The summed E-state index contributed by atoms with van der Waals surface area (Å²) in [7, 11) is 1.57. The molecule has 0 saturated heterocycles. The van der Waals surface area contributed by atoms with E-state index in [4.69, 9.17) is 4.42 Å². The van der Waals surface area contributed by atoms with Crippen molar-refractivity contribution < 1.29 is 9.21 Å². The average molecular weight is 227 g/mol. The third-order valence-electron chi connectivity index (χ3n) is 1.81. The van der Waals surface area contributed by atoms with Gasteiger partial charge in [0.1, 0.15) is 0 Å². The highest BCUT2D eigenvalue weighted by molar-refractivity contribution is 5.79. The van der Waals surface area contributed by atoms with Crippen LogP contribution in [-0.2, 0) is 11.3 Å². The molecule has 1 aromatic rings. The molecule has 0 saturated carbocycles. The highest BCUT2D eigenvalue weighted by Gasteiger charge is 2.06. The van der Waals surface area contributed by atoms with Crippen LogP contribution in [0.15, 0.2) is 4.42 Å². The van der Waals surface area contributed by atoms with Crippen LogP contribution in [0.25, 0.3) is 0 Å². The van der Waals surface area contributed by atoms with Gasteiger partial charge < -0.3 is 20.4 Å². The standard InChI is InChI=1S/C9H17N5O2/c1-6(2)11-5-8-13-14-9(16-8)12-4-7(15)10-3/h6,11H,4-5H2,1-3H3,(H,10,15)(H,12,14). The van der Waals surface area contributed by atoms with Gasteiger partial charge in [-0.3, -0.25) is 4.79 Å². The van der Waals surface area contributed by atoms with Crippen molar-refractivity contribution in [1.82, 2.24) is 20.8 Å². The predicted molar refractivity (Wildman–Crippen MR) is 58.8 cm³/mol. The molecule has 7 nitrogen and oxygen atoms in total. The van der Waals surface area contributed by atoms with Crippen LogP contribution in [-0.4, -0.2) is 35.7 Å². The van der Waals surface area contributed by atoms with Crippen molar-refractivity contribution >= 4 is 11.9 Å². The number of carbonyl (C=O) groups is 1. The second-order valence-electron chi connectivity index (χ2n) is 3.56. The van der Waals surface area contributed by atoms with Gasteiger partial charge in [-0.1, -0.05) is 18.9 Å². The summed E-state index contributed by atoms with van der Waals surface area (Å²) in [6, 6.07) is 0.610. The number of rotatable bonds is 6. The van der Waals surface area contributed by atoms with Crippen LogP contribution < -0.4 is 16.0 Å². The molecule has 0 unspecified atom stereocenters. The maximum absolute atomic E-state index is 10.9. The largest absolute Gasteiger partial charge is 0.407 e. The van der Waals surface area contributed by atoms with Crippen molar-refractivity contribution in [1.29, 1.82) is 0 Å². The number of aromatic nitrogens is 2. The van der Waals surface area contributed by atoms with Gasteiger partial charge in [0, 0.05) is 13.1 Å². The Morgan fingerprint density at radius 1 is 1.44 bits per heavy atom. The smallest absolute Gasteiger partial charge is 0.315 e. The number of hydrogen-bond donors (Lipinski definition) is 3. The topological polar surface area (TPSA) is 92.1 Å². The molecule has 0 radical (unpaired) electrons. The lowest BCUT2D eigenvalue weighted by Crippen LogP contribution is -2.26. The summed E-state index contributed by atoms with van der Waals surface area (Å²) in [5, 5.41) is 15.9. The number of hydrogen-bond acceptors (Lipinski definition) is 6. The van der Waals surface area contributed by atoms with Crippen molar-refractivity contribution in [3.63, 3.8) is 0 Å². The molecule has 0 aliphatic heterocycles. The van der Waals surface area contributed by atoms with Crippen LogP contribution in [0.4, 0.5) is 6.01 Å². The summed E-state index contributed by atoms with van der Waals surface area (Å²) in [5.74, 6) is 0.355. The third-order valence-corrected chi connectivity index (χ3v) is 1.81. The van der Waals surface area contributed by atoms with Crippen LogP contribution >= 0.6 is 0 Å². The molecule has 0 atom stereocenters. The molecule has 1 aromatic heterocycles. The van der Waals surface area contributed by atoms with Crippen LogP contribution in [0.1, 0.15) is 19.7 Å². The molecule has 0 aliphatic carbocycles. The Bertz CT molecular complexity index is 336. The molecule has 3 N–H and O–H groups in total. The van der Waals surface area contributed by atoms with Gasteiger partial charge >= 0.3 is 6.01 Å². The number of likely N-dealkylation sites (N-methyl/N-ethyl adjacent to an activating group) is 1. The van der Waals surface area contributed by atoms with Gasteiger partial charge in [0.05, 0.1) is 13.1 Å². The first-order valence-electron chi connectivity index (χ1n) is 5.12. The van der Waals surface area contributed by atoms with Crippen molar-refractivity contribution in [2.45, 2.75) is 26.4 Å². The SMILES string of the molecule is CNC(=O)CNc1nnc(CNC(C)C)o1. The second kappa shape index (κ2) is 6.06. The van der Waals surface area contributed by atoms with E-state index < -0.39 is 0 Å². The van der Waals surface area contributed by atoms with E-state index in [1.807, 2.05) is 13.8 Å². The predicted octanol–water partition coefficient (Wildman–Crippen LogP) is -0.274. The van der Waals surface area contributed by atoms with Gasteiger partial charge in [0.2, 0.25) is 11.8 Å². The van der Waals surface area contributed by atoms with Crippen LogP contribution in [0, 0.1) is 0 Å². The lowest BCUT2D eigenvalue weighted by molar-refractivity contribution is -0.118. The van der Waals surface area contributed by atoms with E-state index in [0.717, 1.165) is 0 Å². The fraction of sp³-hybridized carbons (Fsp3) is 0.667. The molecule has 90 valence electrons. The van der Waals surface area contributed by atoms with Gasteiger partial charge in [-0.15, -0.1) is 5.10 Å². The number of carbonyl (C=O) groups excluding carboxylic acids is 1. The van der Waals surface area contributed by atoms with Crippen LogP contribution in [0.3, 0.4) is 0 Å². The van der Waals surface area contributed by atoms with Crippen molar-refractivity contribution in [3.05, 3.63) is 5.89 Å². The zero-order valence-electron chi connectivity index (χ0n) is 9.70. The molecule has 0 bridgehead atoms. The van der Waals surface area contributed by atoms with Crippen molar-refractivity contribution in [3.8, 4) is 0 Å². The minimum atomic E-state index is -0.139. The Hall–Kier alpha value is -1.63. The van der Waals surface area contributed by atoms with E-state index in [2.05, 4.69) is 26.1 Å². The normalized spacial score (nSPS) is 10.5. The van der Waals surface area contributed by atoms with Gasteiger partial charge in [0.25, 0.3) is 0 Å². The summed E-state index contributed by atoms with van der Waals surface area (Å²) in [4.78, 5) is 10.9. The number of nitrogens with zero attached hydrogens (tertiary/aromatic N) is 2. The maximum Gasteiger partial charge on any atom is 0.315 e. The first kappa shape index (κ1) is 12.4. The Kier molecular flexibility index (Phi) is 4.71. The molecule has 16 heavy (non-hydrogen) atoms. The lowest BCUT2D eigenvalue weighted by Gasteiger charge is -2.03.